The number of hydrogen-bond donors (Lipinski definition) is 2. The SMILES string of the molecule is O=C(Nc1cccc(Cl)c1Cl)c1cnc(Nc2c(F)cccc2F)nc1. The second-order valence-corrected chi connectivity index (χ2v) is 5.86. The summed E-state index contributed by atoms with van der Waals surface area (Å²) >= 11 is 11.9. The molecule has 26 heavy (non-hydrogen) atoms. The Balaban J connectivity index is 1.75. The molecule has 1 amide bonds. The van der Waals surface area contributed by atoms with Crippen molar-refractivity contribution in [2.75, 3.05) is 10.6 Å². The van der Waals surface area contributed by atoms with Crippen molar-refractivity contribution in [2.24, 2.45) is 0 Å². The Morgan fingerprint density at radius 3 is 2.23 bits per heavy atom. The normalized spacial score (nSPS) is 10.5. The molecule has 0 bridgehead atoms. The minimum absolute atomic E-state index is 0.0636. The van der Waals surface area contributed by atoms with Gasteiger partial charge in [0.05, 0.1) is 21.3 Å². The van der Waals surface area contributed by atoms with Crippen LogP contribution >= 0.6 is 23.2 Å². The molecule has 0 unspecified atom stereocenters. The molecule has 1 aromatic heterocycles. The fourth-order valence-corrected chi connectivity index (χ4v) is 2.38. The molecule has 5 nitrogen and oxygen atoms in total. The third-order valence-corrected chi connectivity index (χ3v) is 4.13. The monoisotopic (exact) mass is 394 g/mol. The smallest absolute Gasteiger partial charge is 0.258 e. The quantitative estimate of drug-likeness (QED) is 0.648. The lowest BCUT2D eigenvalue weighted by Gasteiger charge is -2.09. The Morgan fingerprint density at radius 1 is 0.962 bits per heavy atom. The summed E-state index contributed by atoms with van der Waals surface area (Å²) in [5.74, 6) is -2.15. The van der Waals surface area contributed by atoms with Crippen LogP contribution in [0.25, 0.3) is 0 Å². The zero-order chi connectivity index (χ0) is 18.7. The first-order valence-corrected chi connectivity index (χ1v) is 7.99. The number of benzene rings is 2. The van der Waals surface area contributed by atoms with Gasteiger partial charge < -0.3 is 10.6 Å². The van der Waals surface area contributed by atoms with Crippen LogP contribution in [0.3, 0.4) is 0 Å². The van der Waals surface area contributed by atoms with Gasteiger partial charge in [-0.3, -0.25) is 4.79 Å². The standard InChI is InChI=1S/C17H10Cl2F2N4O/c18-10-3-1-6-13(14(10)19)24-16(26)9-7-22-17(23-8-9)25-15-11(20)4-2-5-12(15)21/h1-8H,(H,24,26)(H,22,23,25). The predicted octanol–water partition coefficient (Wildman–Crippen LogP) is 5.06. The van der Waals surface area contributed by atoms with Crippen molar-refractivity contribution in [1.29, 1.82) is 0 Å². The van der Waals surface area contributed by atoms with Crippen LogP contribution in [0.2, 0.25) is 10.0 Å². The number of rotatable bonds is 4. The van der Waals surface area contributed by atoms with Gasteiger partial charge in [0.15, 0.2) is 0 Å². The van der Waals surface area contributed by atoms with Crippen LogP contribution in [0, 0.1) is 11.6 Å². The summed E-state index contributed by atoms with van der Waals surface area (Å²) in [6.45, 7) is 0. The Labute approximate surface area is 157 Å². The number of para-hydroxylation sites is 1. The van der Waals surface area contributed by atoms with Gasteiger partial charge in [-0.1, -0.05) is 35.3 Å². The number of anilines is 3. The summed E-state index contributed by atoms with van der Waals surface area (Å²) in [7, 11) is 0. The van der Waals surface area contributed by atoms with E-state index in [0.717, 1.165) is 12.1 Å². The van der Waals surface area contributed by atoms with Crippen LogP contribution < -0.4 is 10.6 Å². The van der Waals surface area contributed by atoms with Crippen molar-refractivity contribution < 1.29 is 13.6 Å². The maximum absolute atomic E-state index is 13.6. The van der Waals surface area contributed by atoms with Crippen molar-refractivity contribution in [3.05, 3.63) is 76.0 Å². The van der Waals surface area contributed by atoms with Crippen molar-refractivity contribution in [1.82, 2.24) is 9.97 Å². The molecule has 9 heteroatoms. The minimum Gasteiger partial charge on any atom is -0.320 e. The van der Waals surface area contributed by atoms with Crippen LogP contribution in [0.4, 0.5) is 26.1 Å². The van der Waals surface area contributed by atoms with E-state index in [1.807, 2.05) is 0 Å². The molecule has 0 atom stereocenters. The van der Waals surface area contributed by atoms with Gasteiger partial charge in [0.2, 0.25) is 5.95 Å². The van der Waals surface area contributed by atoms with Gasteiger partial charge in [0.1, 0.15) is 17.3 Å². The lowest BCUT2D eigenvalue weighted by molar-refractivity contribution is 0.102. The highest BCUT2D eigenvalue weighted by molar-refractivity contribution is 6.44. The number of carbonyl (C=O) groups is 1. The van der Waals surface area contributed by atoms with Crippen molar-refractivity contribution in [3.63, 3.8) is 0 Å². The topological polar surface area (TPSA) is 66.9 Å². The number of hydrogen-bond acceptors (Lipinski definition) is 4. The molecule has 1 heterocycles. The summed E-state index contributed by atoms with van der Waals surface area (Å²) in [4.78, 5) is 20.0. The van der Waals surface area contributed by atoms with Crippen molar-refractivity contribution in [2.45, 2.75) is 0 Å². The van der Waals surface area contributed by atoms with Crippen molar-refractivity contribution in [3.8, 4) is 0 Å². The van der Waals surface area contributed by atoms with E-state index in [2.05, 4.69) is 20.6 Å². The third kappa shape index (κ3) is 3.89. The summed E-state index contributed by atoms with van der Waals surface area (Å²) in [5, 5.41) is 5.51. The number of aromatic nitrogens is 2. The van der Waals surface area contributed by atoms with Gasteiger partial charge >= 0.3 is 0 Å². The average molecular weight is 395 g/mol. The first-order chi connectivity index (χ1) is 12.5. The van der Waals surface area contributed by atoms with Gasteiger partial charge in [-0.05, 0) is 24.3 Å². The Kier molecular flexibility index (Phi) is 5.29. The highest BCUT2D eigenvalue weighted by atomic mass is 35.5. The Hall–Kier alpha value is -2.77. The van der Waals surface area contributed by atoms with Gasteiger partial charge in [-0.25, -0.2) is 18.7 Å². The fourth-order valence-electron chi connectivity index (χ4n) is 2.03. The van der Waals surface area contributed by atoms with Crippen molar-refractivity contribution >= 4 is 46.4 Å². The molecule has 0 spiro atoms. The molecule has 0 fully saturated rings. The lowest BCUT2D eigenvalue weighted by Crippen LogP contribution is -2.13. The van der Waals surface area contributed by atoms with E-state index < -0.39 is 17.5 Å². The molecule has 132 valence electrons. The van der Waals surface area contributed by atoms with Crippen LogP contribution in [0.1, 0.15) is 10.4 Å². The third-order valence-electron chi connectivity index (χ3n) is 3.31. The molecule has 0 saturated heterocycles. The molecule has 2 N–H and O–H groups in total. The van der Waals surface area contributed by atoms with Crippen LogP contribution in [0.5, 0.6) is 0 Å². The zero-order valence-electron chi connectivity index (χ0n) is 12.9. The summed E-state index contributed by atoms with van der Waals surface area (Å²) in [6.07, 6.45) is 2.42. The summed E-state index contributed by atoms with van der Waals surface area (Å²) in [6, 6.07) is 8.25. The van der Waals surface area contributed by atoms with Gasteiger partial charge in [0.25, 0.3) is 5.91 Å². The Morgan fingerprint density at radius 2 is 1.58 bits per heavy atom. The lowest BCUT2D eigenvalue weighted by atomic mass is 10.2. The number of amides is 1. The number of carbonyl (C=O) groups excluding carboxylic acids is 1. The second kappa shape index (κ2) is 7.63. The van der Waals surface area contributed by atoms with Crippen LogP contribution in [-0.2, 0) is 0 Å². The first kappa shape index (κ1) is 18.0. The van der Waals surface area contributed by atoms with E-state index in [0.29, 0.717) is 10.7 Å². The van der Waals surface area contributed by atoms with E-state index in [-0.39, 0.29) is 22.2 Å². The number of halogens is 4. The summed E-state index contributed by atoms with van der Waals surface area (Å²) < 4.78 is 27.2. The molecule has 0 aliphatic carbocycles. The molecule has 3 aromatic rings. The van der Waals surface area contributed by atoms with E-state index in [9.17, 15) is 13.6 Å². The van der Waals surface area contributed by atoms with E-state index in [4.69, 9.17) is 23.2 Å². The fraction of sp³-hybridized carbons (Fsp3) is 0. The zero-order valence-corrected chi connectivity index (χ0v) is 14.4. The molecular weight excluding hydrogens is 385 g/mol. The first-order valence-electron chi connectivity index (χ1n) is 7.24. The second-order valence-electron chi connectivity index (χ2n) is 5.07. The molecule has 0 aliphatic heterocycles. The maximum atomic E-state index is 13.6. The predicted molar refractivity (Wildman–Crippen MR) is 96.1 cm³/mol. The van der Waals surface area contributed by atoms with Gasteiger partial charge in [0, 0.05) is 12.4 Å². The average Bonchev–Trinajstić information content (AvgIpc) is 2.63. The molecule has 3 rings (SSSR count). The summed E-state index contributed by atoms with van der Waals surface area (Å²) in [5.41, 5.74) is 0.0794. The molecule has 2 aromatic carbocycles. The van der Waals surface area contributed by atoms with Crippen LogP contribution in [-0.4, -0.2) is 15.9 Å². The van der Waals surface area contributed by atoms with Gasteiger partial charge in [-0.15, -0.1) is 0 Å². The largest absolute Gasteiger partial charge is 0.320 e. The molecule has 0 saturated carbocycles. The molecule has 0 aliphatic rings. The van der Waals surface area contributed by atoms with E-state index in [1.165, 1.54) is 18.5 Å². The van der Waals surface area contributed by atoms with Gasteiger partial charge in [-0.2, -0.15) is 0 Å². The van der Waals surface area contributed by atoms with E-state index in [1.54, 1.807) is 18.2 Å². The Bertz CT molecular complexity index is 947. The van der Waals surface area contributed by atoms with Crippen LogP contribution in [0.15, 0.2) is 48.8 Å². The molecular formula is C17H10Cl2F2N4O. The maximum Gasteiger partial charge on any atom is 0.258 e. The highest BCUT2D eigenvalue weighted by Crippen LogP contribution is 2.29. The van der Waals surface area contributed by atoms with E-state index >= 15 is 0 Å². The number of nitrogens with zero attached hydrogens (tertiary/aromatic N) is 2. The minimum atomic E-state index is -0.786. The molecule has 0 radical (unpaired) electrons. The highest BCUT2D eigenvalue weighted by Gasteiger charge is 2.13. The number of nitrogens with one attached hydrogen (secondary N) is 2.